The van der Waals surface area contributed by atoms with Gasteiger partial charge >= 0.3 is 0 Å². The smallest absolute Gasteiger partial charge is 0.0672 e. The lowest BCUT2D eigenvalue weighted by Crippen LogP contribution is -2.29. The van der Waals surface area contributed by atoms with Gasteiger partial charge in [-0.3, -0.25) is 4.99 Å². The molecule has 0 unspecified atom stereocenters. The van der Waals surface area contributed by atoms with Gasteiger partial charge in [0.25, 0.3) is 0 Å². The minimum Gasteiger partial charge on any atom is -0.371 e. The lowest BCUT2D eigenvalue weighted by Gasteiger charge is -2.26. The summed E-state index contributed by atoms with van der Waals surface area (Å²) in [6.45, 7) is 6.19. The summed E-state index contributed by atoms with van der Waals surface area (Å²) in [6, 6.07) is 8.80. The predicted molar refractivity (Wildman–Crippen MR) is 93.3 cm³/mol. The van der Waals surface area contributed by atoms with Crippen LogP contribution in [0.25, 0.3) is 0 Å². The van der Waals surface area contributed by atoms with E-state index in [-0.39, 0.29) is 0 Å². The van der Waals surface area contributed by atoms with Crippen LogP contribution in [0.15, 0.2) is 45.5 Å². The molecule has 0 N–H and O–H groups in total. The molecule has 1 aliphatic heterocycles. The molecule has 0 saturated heterocycles. The average molecular weight is 303 g/mol. The molecule has 0 amide bonds. The van der Waals surface area contributed by atoms with Crippen LogP contribution in [-0.4, -0.2) is 55.5 Å². The molecule has 2 rings (SSSR count). The van der Waals surface area contributed by atoms with E-state index in [4.69, 9.17) is 4.99 Å². The summed E-state index contributed by atoms with van der Waals surface area (Å²) in [7, 11) is 6.34. The van der Waals surface area contributed by atoms with E-state index < -0.39 is 0 Å². The second-order valence-electron chi connectivity index (χ2n) is 5.76. The van der Waals surface area contributed by atoms with Crippen LogP contribution < -0.4 is 0 Å². The van der Waals surface area contributed by atoms with Crippen molar-refractivity contribution < 1.29 is 0 Å². The summed E-state index contributed by atoms with van der Waals surface area (Å²) in [5, 5.41) is 0. The number of aliphatic imine (C=N–C) groups is 1. The molecular weight excluding hydrogens is 278 g/mol. The predicted octanol–water partition coefficient (Wildman–Crippen LogP) is 3.33. The number of hydrogen-bond donors (Lipinski definition) is 0. The molecule has 1 aromatic rings. The van der Waals surface area contributed by atoms with Crippen LogP contribution in [0.1, 0.15) is 19.4 Å². The lowest BCUT2D eigenvalue weighted by atomic mass is 10.1. The van der Waals surface area contributed by atoms with Gasteiger partial charge in [0.1, 0.15) is 0 Å². The van der Waals surface area contributed by atoms with Gasteiger partial charge in [-0.25, -0.2) is 0 Å². The maximum absolute atomic E-state index is 4.74. The third-order valence-electron chi connectivity index (χ3n) is 3.78. The molecule has 1 aromatic carbocycles. The maximum Gasteiger partial charge on any atom is 0.0672 e. The van der Waals surface area contributed by atoms with Gasteiger partial charge in [-0.15, -0.1) is 11.8 Å². The van der Waals surface area contributed by atoms with Gasteiger partial charge in [0.15, 0.2) is 0 Å². The van der Waals surface area contributed by atoms with Gasteiger partial charge in [0.05, 0.1) is 18.0 Å². The zero-order valence-electron chi connectivity index (χ0n) is 13.7. The van der Waals surface area contributed by atoms with Crippen molar-refractivity contribution in [3.63, 3.8) is 0 Å². The van der Waals surface area contributed by atoms with Crippen molar-refractivity contribution in [2.45, 2.75) is 18.7 Å². The number of rotatable bonds is 5. The quantitative estimate of drug-likeness (QED) is 0.778. The van der Waals surface area contributed by atoms with Crippen LogP contribution in [0.2, 0.25) is 0 Å². The lowest BCUT2D eigenvalue weighted by molar-refractivity contribution is 0.437. The first-order chi connectivity index (χ1) is 9.97. The van der Waals surface area contributed by atoms with Gasteiger partial charge in [0.2, 0.25) is 0 Å². The van der Waals surface area contributed by atoms with Crippen molar-refractivity contribution in [2.24, 2.45) is 4.99 Å². The van der Waals surface area contributed by atoms with E-state index in [1.54, 1.807) is 0 Å². The molecule has 0 saturated carbocycles. The molecule has 114 valence electrons. The third-order valence-corrected chi connectivity index (χ3v) is 4.77. The van der Waals surface area contributed by atoms with Crippen LogP contribution in [0, 0.1) is 0 Å². The summed E-state index contributed by atoms with van der Waals surface area (Å²) in [5.41, 5.74) is 4.76. The van der Waals surface area contributed by atoms with E-state index in [9.17, 15) is 0 Å². The normalized spacial score (nSPS) is 15.7. The van der Waals surface area contributed by atoms with Gasteiger partial charge in [-0.1, -0.05) is 12.1 Å². The number of benzene rings is 1. The molecule has 0 bridgehead atoms. The Hall–Kier alpha value is -1.26. The number of thioether (sulfide) groups is 1. The van der Waals surface area contributed by atoms with Crippen LogP contribution >= 0.6 is 11.8 Å². The fourth-order valence-corrected chi connectivity index (χ4v) is 3.20. The standard InChI is InChI=1S/C17H25N3S/c1-13-14(2)20(5)12-17(18-13)15-6-8-16(9-7-15)21-11-10-19(3)4/h6-9H,10-12H2,1-5H3. The van der Waals surface area contributed by atoms with Crippen LogP contribution in [0.4, 0.5) is 0 Å². The molecule has 0 fully saturated rings. The highest BCUT2D eigenvalue weighted by atomic mass is 32.2. The van der Waals surface area contributed by atoms with Gasteiger partial charge in [-0.05, 0) is 45.6 Å². The van der Waals surface area contributed by atoms with E-state index in [0.717, 1.165) is 30.3 Å². The third kappa shape index (κ3) is 4.35. The van der Waals surface area contributed by atoms with E-state index >= 15 is 0 Å². The Kier molecular flexibility index (Phi) is 5.48. The molecule has 21 heavy (non-hydrogen) atoms. The SMILES string of the molecule is CC1=C(C)N(C)CC(c2ccc(SCCN(C)C)cc2)=N1. The molecule has 0 spiro atoms. The summed E-state index contributed by atoms with van der Waals surface area (Å²) in [4.78, 5) is 10.5. The number of hydrogen-bond acceptors (Lipinski definition) is 4. The van der Waals surface area contributed by atoms with Crippen molar-refractivity contribution in [1.29, 1.82) is 0 Å². The Balaban J connectivity index is 2.04. The van der Waals surface area contributed by atoms with Crippen LogP contribution in [0.3, 0.4) is 0 Å². The average Bonchev–Trinajstić information content (AvgIpc) is 2.44. The zero-order chi connectivity index (χ0) is 15.4. The highest BCUT2D eigenvalue weighted by Crippen LogP contribution is 2.21. The summed E-state index contributed by atoms with van der Waals surface area (Å²) in [6.07, 6.45) is 0. The van der Waals surface area contributed by atoms with E-state index in [2.05, 4.69) is 69.1 Å². The number of likely N-dealkylation sites (N-methyl/N-ethyl adjacent to an activating group) is 1. The van der Waals surface area contributed by atoms with Gasteiger partial charge < -0.3 is 9.80 Å². The fourth-order valence-electron chi connectivity index (χ4n) is 2.18. The second-order valence-corrected chi connectivity index (χ2v) is 6.93. The Morgan fingerprint density at radius 1 is 1.19 bits per heavy atom. The molecule has 0 aliphatic carbocycles. The molecule has 3 nitrogen and oxygen atoms in total. The monoisotopic (exact) mass is 303 g/mol. The first kappa shape index (κ1) is 16.1. The molecular formula is C17H25N3S. The molecule has 4 heteroatoms. The first-order valence-electron chi connectivity index (χ1n) is 7.31. The zero-order valence-corrected chi connectivity index (χ0v) is 14.5. The fraction of sp³-hybridized carbons (Fsp3) is 0.471. The Bertz CT molecular complexity index is 544. The number of nitrogens with zero attached hydrogens (tertiary/aromatic N) is 3. The largest absolute Gasteiger partial charge is 0.371 e. The molecule has 1 heterocycles. The molecule has 0 atom stereocenters. The van der Waals surface area contributed by atoms with E-state index in [1.807, 2.05) is 11.8 Å². The Morgan fingerprint density at radius 2 is 1.86 bits per heavy atom. The van der Waals surface area contributed by atoms with Crippen LogP contribution in [-0.2, 0) is 0 Å². The second kappa shape index (κ2) is 7.14. The van der Waals surface area contributed by atoms with Crippen molar-refractivity contribution in [1.82, 2.24) is 9.80 Å². The summed E-state index contributed by atoms with van der Waals surface area (Å²) >= 11 is 1.90. The van der Waals surface area contributed by atoms with Crippen molar-refractivity contribution in [3.05, 3.63) is 41.2 Å². The minimum atomic E-state index is 0.885. The first-order valence-corrected chi connectivity index (χ1v) is 8.30. The van der Waals surface area contributed by atoms with E-state index in [1.165, 1.54) is 16.2 Å². The maximum atomic E-state index is 4.74. The minimum absolute atomic E-state index is 0.885. The Morgan fingerprint density at radius 3 is 2.43 bits per heavy atom. The Labute approximate surface area is 132 Å². The molecule has 0 aromatic heterocycles. The van der Waals surface area contributed by atoms with Crippen molar-refractivity contribution in [3.8, 4) is 0 Å². The summed E-state index contributed by atoms with van der Waals surface area (Å²) in [5.74, 6) is 1.12. The van der Waals surface area contributed by atoms with E-state index in [0.29, 0.717) is 0 Å². The highest BCUT2D eigenvalue weighted by Gasteiger charge is 2.15. The summed E-state index contributed by atoms with van der Waals surface area (Å²) < 4.78 is 0. The topological polar surface area (TPSA) is 18.8 Å². The van der Waals surface area contributed by atoms with Gasteiger partial charge in [-0.2, -0.15) is 0 Å². The van der Waals surface area contributed by atoms with Crippen molar-refractivity contribution in [2.75, 3.05) is 40.0 Å². The highest BCUT2D eigenvalue weighted by molar-refractivity contribution is 7.99. The van der Waals surface area contributed by atoms with Crippen LogP contribution in [0.5, 0.6) is 0 Å². The molecule has 1 aliphatic rings. The van der Waals surface area contributed by atoms with Crippen molar-refractivity contribution >= 4 is 17.5 Å². The molecule has 0 radical (unpaired) electrons. The van der Waals surface area contributed by atoms with Gasteiger partial charge in [0, 0.05) is 29.9 Å². The number of allylic oxidation sites excluding steroid dienone is 2.